The van der Waals surface area contributed by atoms with Crippen molar-refractivity contribution in [2.75, 3.05) is 50.5 Å². The molecule has 0 saturated carbocycles. The summed E-state index contributed by atoms with van der Waals surface area (Å²) in [6.45, 7) is 10.4. The van der Waals surface area contributed by atoms with Crippen LogP contribution in [0.3, 0.4) is 0 Å². The molecular formula is C15H29N5. The van der Waals surface area contributed by atoms with Gasteiger partial charge in [0.15, 0.2) is 0 Å². The average Bonchev–Trinajstić information content (AvgIpc) is 2.42. The van der Waals surface area contributed by atoms with E-state index in [1.54, 1.807) is 0 Å². The van der Waals surface area contributed by atoms with E-state index in [-0.39, 0.29) is 0 Å². The highest BCUT2D eigenvalue weighted by molar-refractivity contribution is 5.49. The highest BCUT2D eigenvalue weighted by Gasteiger charge is 2.12. The Hall–Kier alpha value is -1.36. The van der Waals surface area contributed by atoms with Gasteiger partial charge in [-0.2, -0.15) is 4.98 Å². The molecule has 0 saturated heterocycles. The lowest BCUT2D eigenvalue weighted by Gasteiger charge is -2.26. The fraction of sp³-hybridized carbons (Fsp3) is 0.733. The first-order valence-corrected chi connectivity index (χ1v) is 7.55. The van der Waals surface area contributed by atoms with E-state index in [1.165, 1.54) is 0 Å². The summed E-state index contributed by atoms with van der Waals surface area (Å²) >= 11 is 0. The Kier molecular flexibility index (Phi) is 7.30. The van der Waals surface area contributed by atoms with E-state index in [0.717, 1.165) is 56.4 Å². The molecule has 0 radical (unpaired) electrons. The predicted octanol–water partition coefficient (Wildman–Crippen LogP) is 2.38. The molecular weight excluding hydrogens is 250 g/mol. The second-order valence-electron chi connectivity index (χ2n) is 5.42. The normalized spacial score (nSPS) is 10.9. The predicted molar refractivity (Wildman–Crippen MR) is 86.6 cm³/mol. The number of rotatable bonds is 9. The van der Waals surface area contributed by atoms with Gasteiger partial charge in [-0.15, -0.1) is 0 Å². The summed E-state index contributed by atoms with van der Waals surface area (Å²) in [6.07, 6.45) is 4.11. The van der Waals surface area contributed by atoms with E-state index in [9.17, 15) is 0 Å². The Morgan fingerprint density at radius 1 is 1.10 bits per heavy atom. The molecule has 0 amide bonds. The molecule has 0 aliphatic heterocycles. The van der Waals surface area contributed by atoms with Gasteiger partial charge in [0.1, 0.15) is 5.82 Å². The first-order valence-electron chi connectivity index (χ1n) is 7.55. The summed E-state index contributed by atoms with van der Waals surface area (Å²) < 4.78 is 0. The average molecular weight is 279 g/mol. The Morgan fingerprint density at radius 2 is 1.85 bits per heavy atom. The second kappa shape index (κ2) is 8.74. The molecule has 0 aliphatic carbocycles. The SMILES string of the molecule is CCCNc1ncc(C)c(N(CCC)CCN(C)C)n1. The molecule has 5 heteroatoms. The van der Waals surface area contributed by atoms with Gasteiger partial charge in [-0.1, -0.05) is 13.8 Å². The van der Waals surface area contributed by atoms with Crippen LogP contribution < -0.4 is 10.2 Å². The molecule has 0 aromatic carbocycles. The van der Waals surface area contributed by atoms with Crippen LogP contribution in [-0.4, -0.2) is 55.1 Å². The van der Waals surface area contributed by atoms with E-state index in [2.05, 4.69) is 55.0 Å². The van der Waals surface area contributed by atoms with Crippen molar-refractivity contribution < 1.29 is 0 Å². The number of likely N-dealkylation sites (N-methyl/N-ethyl adjacent to an activating group) is 1. The van der Waals surface area contributed by atoms with Crippen molar-refractivity contribution in [3.63, 3.8) is 0 Å². The van der Waals surface area contributed by atoms with Gasteiger partial charge in [0.25, 0.3) is 0 Å². The lowest BCUT2D eigenvalue weighted by atomic mass is 10.3. The van der Waals surface area contributed by atoms with Crippen LogP contribution in [0.15, 0.2) is 6.20 Å². The third-order valence-corrected chi connectivity index (χ3v) is 3.09. The zero-order valence-electron chi connectivity index (χ0n) is 13.6. The smallest absolute Gasteiger partial charge is 0.224 e. The van der Waals surface area contributed by atoms with Crippen molar-refractivity contribution in [2.24, 2.45) is 0 Å². The van der Waals surface area contributed by atoms with Crippen LogP contribution in [0.2, 0.25) is 0 Å². The molecule has 0 fully saturated rings. The maximum Gasteiger partial charge on any atom is 0.224 e. The standard InChI is InChI=1S/C15H29N5/c1-6-8-16-15-17-12-13(3)14(18-15)20(9-7-2)11-10-19(4)5/h12H,6-11H2,1-5H3,(H,16,17,18). The van der Waals surface area contributed by atoms with Crippen molar-refractivity contribution in [3.8, 4) is 0 Å². The summed E-state index contributed by atoms with van der Waals surface area (Å²) in [7, 11) is 4.20. The number of hydrogen-bond acceptors (Lipinski definition) is 5. The van der Waals surface area contributed by atoms with Crippen molar-refractivity contribution in [2.45, 2.75) is 33.6 Å². The molecule has 1 rings (SSSR count). The van der Waals surface area contributed by atoms with Crippen LogP contribution >= 0.6 is 0 Å². The van der Waals surface area contributed by atoms with Crippen molar-refractivity contribution in [1.29, 1.82) is 0 Å². The maximum absolute atomic E-state index is 4.69. The summed E-state index contributed by atoms with van der Waals surface area (Å²) in [6, 6.07) is 0. The Morgan fingerprint density at radius 3 is 2.45 bits per heavy atom. The van der Waals surface area contributed by atoms with Gasteiger partial charge in [-0.3, -0.25) is 0 Å². The first kappa shape index (κ1) is 16.7. The molecule has 5 nitrogen and oxygen atoms in total. The summed E-state index contributed by atoms with van der Waals surface area (Å²) in [5.74, 6) is 1.79. The molecule has 20 heavy (non-hydrogen) atoms. The summed E-state index contributed by atoms with van der Waals surface area (Å²) in [4.78, 5) is 13.6. The number of anilines is 2. The molecule has 0 bridgehead atoms. The van der Waals surface area contributed by atoms with Crippen LogP contribution in [0.5, 0.6) is 0 Å². The molecule has 1 aromatic rings. The van der Waals surface area contributed by atoms with E-state index < -0.39 is 0 Å². The number of aromatic nitrogens is 2. The van der Waals surface area contributed by atoms with Gasteiger partial charge in [0.05, 0.1) is 0 Å². The van der Waals surface area contributed by atoms with E-state index in [1.807, 2.05) is 6.20 Å². The molecule has 0 unspecified atom stereocenters. The Bertz CT molecular complexity index is 392. The molecule has 0 aliphatic rings. The van der Waals surface area contributed by atoms with Gasteiger partial charge in [-0.25, -0.2) is 4.98 Å². The minimum absolute atomic E-state index is 0.735. The summed E-state index contributed by atoms with van der Waals surface area (Å²) in [5, 5.41) is 3.26. The maximum atomic E-state index is 4.69. The van der Waals surface area contributed by atoms with Gasteiger partial charge in [-0.05, 0) is 33.9 Å². The van der Waals surface area contributed by atoms with Crippen LogP contribution in [0.4, 0.5) is 11.8 Å². The minimum atomic E-state index is 0.735. The highest BCUT2D eigenvalue weighted by atomic mass is 15.2. The number of aryl methyl sites for hydroxylation is 1. The Labute approximate surface area is 123 Å². The van der Waals surface area contributed by atoms with Gasteiger partial charge in [0.2, 0.25) is 5.95 Å². The van der Waals surface area contributed by atoms with Gasteiger partial charge in [0, 0.05) is 37.9 Å². The fourth-order valence-corrected chi connectivity index (χ4v) is 1.99. The van der Waals surface area contributed by atoms with Crippen molar-refractivity contribution in [3.05, 3.63) is 11.8 Å². The second-order valence-corrected chi connectivity index (χ2v) is 5.42. The molecule has 1 N–H and O–H groups in total. The minimum Gasteiger partial charge on any atom is -0.355 e. The van der Waals surface area contributed by atoms with Crippen molar-refractivity contribution >= 4 is 11.8 Å². The molecule has 0 atom stereocenters. The molecule has 1 heterocycles. The quantitative estimate of drug-likeness (QED) is 0.752. The number of hydrogen-bond donors (Lipinski definition) is 1. The third-order valence-electron chi connectivity index (χ3n) is 3.09. The lowest BCUT2D eigenvalue weighted by Crippen LogP contribution is -2.33. The Balaban J connectivity index is 2.86. The van der Waals surface area contributed by atoms with E-state index in [0.29, 0.717) is 0 Å². The van der Waals surface area contributed by atoms with Crippen LogP contribution in [-0.2, 0) is 0 Å². The zero-order chi connectivity index (χ0) is 15.0. The van der Waals surface area contributed by atoms with Crippen LogP contribution in [0.25, 0.3) is 0 Å². The van der Waals surface area contributed by atoms with Gasteiger partial charge < -0.3 is 15.1 Å². The topological polar surface area (TPSA) is 44.3 Å². The summed E-state index contributed by atoms with van der Waals surface area (Å²) in [5.41, 5.74) is 1.14. The fourth-order valence-electron chi connectivity index (χ4n) is 1.99. The first-order chi connectivity index (χ1) is 9.58. The monoisotopic (exact) mass is 279 g/mol. The molecule has 0 spiro atoms. The number of nitrogens with one attached hydrogen (secondary N) is 1. The largest absolute Gasteiger partial charge is 0.355 e. The lowest BCUT2D eigenvalue weighted by molar-refractivity contribution is 0.412. The third kappa shape index (κ3) is 5.33. The molecule has 1 aromatic heterocycles. The van der Waals surface area contributed by atoms with E-state index >= 15 is 0 Å². The van der Waals surface area contributed by atoms with Crippen LogP contribution in [0.1, 0.15) is 32.3 Å². The zero-order valence-corrected chi connectivity index (χ0v) is 13.6. The van der Waals surface area contributed by atoms with Gasteiger partial charge >= 0.3 is 0 Å². The highest BCUT2D eigenvalue weighted by Crippen LogP contribution is 2.18. The molecule has 114 valence electrons. The van der Waals surface area contributed by atoms with Crippen molar-refractivity contribution in [1.82, 2.24) is 14.9 Å². The number of nitrogens with zero attached hydrogens (tertiary/aromatic N) is 4. The van der Waals surface area contributed by atoms with E-state index in [4.69, 9.17) is 4.98 Å². The van der Waals surface area contributed by atoms with Crippen LogP contribution in [0, 0.1) is 6.92 Å².